The highest BCUT2D eigenvalue weighted by Gasteiger charge is 2.35. The maximum Gasteiger partial charge on any atom is 0.186 e. The van der Waals surface area contributed by atoms with E-state index in [1.165, 1.54) is 23.5 Å². The van der Waals surface area contributed by atoms with Gasteiger partial charge in [-0.25, -0.2) is 0 Å². The zero-order valence-corrected chi connectivity index (χ0v) is 9.87. The smallest absolute Gasteiger partial charge is 0.186 e. The molecule has 1 aromatic rings. The van der Waals surface area contributed by atoms with Gasteiger partial charge in [-0.2, -0.15) is 0 Å². The molecule has 0 aromatic heterocycles. The Hall–Kier alpha value is -0.120. The molecule has 1 aliphatic rings. The molecule has 0 amide bonds. The van der Waals surface area contributed by atoms with Gasteiger partial charge in [0.15, 0.2) is 4.27 Å². The third kappa shape index (κ3) is 1.95. The summed E-state index contributed by atoms with van der Waals surface area (Å²) in [5.41, 5.74) is 1.28. The van der Waals surface area contributed by atoms with Crippen molar-refractivity contribution >= 4 is 23.5 Å². The molecule has 0 spiro atoms. The van der Waals surface area contributed by atoms with Gasteiger partial charge in [0.1, 0.15) is 0 Å². The Kier molecular flexibility index (Phi) is 3.42. The van der Waals surface area contributed by atoms with Gasteiger partial charge in [-0.3, -0.25) is 0 Å². The Morgan fingerprint density at radius 1 is 1.14 bits per heavy atom. The van der Waals surface area contributed by atoms with Gasteiger partial charge in [0.2, 0.25) is 0 Å². The first-order valence-electron chi connectivity index (χ1n) is 4.76. The van der Waals surface area contributed by atoms with Crippen LogP contribution in [0.3, 0.4) is 0 Å². The molecule has 0 atom stereocenters. The number of rotatable bonds is 2. The molecule has 0 aliphatic carbocycles. The lowest BCUT2D eigenvalue weighted by Crippen LogP contribution is -2.24. The highest BCUT2D eigenvalue weighted by molar-refractivity contribution is 8.17. The molecule has 1 saturated heterocycles. The van der Waals surface area contributed by atoms with Crippen LogP contribution in [0.15, 0.2) is 30.3 Å². The van der Waals surface area contributed by atoms with Gasteiger partial charge in [0.25, 0.3) is 0 Å². The summed E-state index contributed by atoms with van der Waals surface area (Å²) in [6, 6.07) is 10.5. The van der Waals surface area contributed by atoms with Crippen LogP contribution in [0.2, 0.25) is 0 Å². The van der Waals surface area contributed by atoms with Crippen molar-refractivity contribution in [1.29, 1.82) is 0 Å². The maximum atomic E-state index is 5.69. The number of hydrogen-bond donors (Lipinski definition) is 0. The van der Waals surface area contributed by atoms with Crippen LogP contribution in [0.1, 0.15) is 12.0 Å². The molecule has 0 saturated carbocycles. The van der Waals surface area contributed by atoms with Gasteiger partial charge in [-0.15, -0.1) is 23.5 Å². The van der Waals surface area contributed by atoms with Crippen molar-refractivity contribution in [3.63, 3.8) is 0 Å². The van der Waals surface area contributed by atoms with E-state index in [2.05, 4.69) is 24.3 Å². The van der Waals surface area contributed by atoms with Crippen LogP contribution in [-0.2, 0) is 9.00 Å². The summed E-state index contributed by atoms with van der Waals surface area (Å²) in [4.78, 5) is 0. The Morgan fingerprint density at radius 3 is 2.36 bits per heavy atom. The number of benzene rings is 1. The summed E-state index contributed by atoms with van der Waals surface area (Å²) in [6.45, 7) is 0. The second-order valence-corrected chi connectivity index (χ2v) is 5.98. The minimum absolute atomic E-state index is 0.153. The molecule has 3 heteroatoms. The lowest BCUT2D eigenvalue weighted by molar-refractivity contribution is 0.146. The summed E-state index contributed by atoms with van der Waals surface area (Å²) >= 11 is 3.81. The highest BCUT2D eigenvalue weighted by atomic mass is 32.2. The molecule has 0 unspecified atom stereocenters. The molecule has 1 aromatic carbocycles. The van der Waals surface area contributed by atoms with E-state index in [9.17, 15) is 0 Å². The van der Waals surface area contributed by atoms with E-state index in [0.717, 1.165) is 0 Å². The molecule has 14 heavy (non-hydrogen) atoms. The standard InChI is InChI=1S/C11H14OS2/c1-12-11(13-8-5-9-14-11)10-6-3-2-4-7-10/h2-4,6-7H,5,8-9H2,1H3. The molecule has 1 nitrogen and oxygen atoms in total. The van der Waals surface area contributed by atoms with E-state index < -0.39 is 0 Å². The predicted octanol–water partition coefficient (Wildman–Crippen LogP) is 3.31. The Labute approximate surface area is 93.6 Å². The minimum atomic E-state index is -0.153. The van der Waals surface area contributed by atoms with Crippen LogP contribution in [0, 0.1) is 0 Å². The Balaban J connectivity index is 2.27. The summed E-state index contributed by atoms with van der Waals surface area (Å²) < 4.78 is 5.54. The maximum absolute atomic E-state index is 5.69. The van der Waals surface area contributed by atoms with Crippen LogP contribution in [0.4, 0.5) is 0 Å². The zero-order valence-electron chi connectivity index (χ0n) is 8.23. The average molecular weight is 226 g/mol. The second kappa shape index (κ2) is 4.60. The SMILES string of the molecule is COC1(c2ccccc2)SCCCS1. The normalized spacial score (nSPS) is 20.6. The van der Waals surface area contributed by atoms with E-state index >= 15 is 0 Å². The van der Waals surface area contributed by atoms with E-state index in [0.29, 0.717) is 0 Å². The van der Waals surface area contributed by atoms with Crippen molar-refractivity contribution in [2.45, 2.75) is 10.7 Å². The fraction of sp³-hybridized carbons (Fsp3) is 0.455. The molecule has 0 N–H and O–H groups in total. The van der Waals surface area contributed by atoms with Crippen molar-refractivity contribution in [2.75, 3.05) is 18.6 Å². The second-order valence-electron chi connectivity index (χ2n) is 3.18. The van der Waals surface area contributed by atoms with Gasteiger partial charge in [0.05, 0.1) is 0 Å². The number of methoxy groups -OCH3 is 1. The van der Waals surface area contributed by atoms with Gasteiger partial charge >= 0.3 is 0 Å². The van der Waals surface area contributed by atoms with Crippen LogP contribution in [0.25, 0.3) is 0 Å². The Bertz CT molecular complexity index is 281. The molecule has 1 aliphatic heterocycles. The van der Waals surface area contributed by atoms with Crippen LogP contribution in [-0.4, -0.2) is 18.6 Å². The molecule has 0 radical (unpaired) electrons. The third-order valence-electron chi connectivity index (χ3n) is 2.27. The van der Waals surface area contributed by atoms with Crippen molar-refractivity contribution in [2.24, 2.45) is 0 Å². The average Bonchev–Trinajstić information content (AvgIpc) is 2.31. The minimum Gasteiger partial charge on any atom is -0.354 e. The highest BCUT2D eigenvalue weighted by Crippen LogP contribution is 2.50. The van der Waals surface area contributed by atoms with Gasteiger partial charge in [-0.1, -0.05) is 30.3 Å². The van der Waals surface area contributed by atoms with E-state index in [-0.39, 0.29) is 4.27 Å². The number of hydrogen-bond acceptors (Lipinski definition) is 3. The van der Waals surface area contributed by atoms with Gasteiger partial charge < -0.3 is 4.74 Å². The fourth-order valence-electron chi connectivity index (χ4n) is 1.56. The fourth-order valence-corrected chi connectivity index (χ4v) is 4.53. The summed E-state index contributed by atoms with van der Waals surface area (Å²) in [5, 5.41) is 0. The lowest BCUT2D eigenvalue weighted by atomic mass is 10.2. The molecule has 0 bridgehead atoms. The molecule has 1 fully saturated rings. The van der Waals surface area contributed by atoms with Crippen molar-refractivity contribution in [3.05, 3.63) is 35.9 Å². The summed E-state index contributed by atoms with van der Waals surface area (Å²) in [5.74, 6) is 2.38. The van der Waals surface area contributed by atoms with Crippen molar-refractivity contribution in [3.8, 4) is 0 Å². The summed E-state index contributed by atoms with van der Waals surface area (Å²) in [6.07, 6.45) is 1.28. The molecular weight excluding hydrogens is 212 g/mol. The van der Waals surface area contributed by atoms with Crippen LogP contribution in [0.5, 0.6) is 0 Å². The lowest BCUT2D eigenvalue weighted by Gasteiger charge is -2.34. The number of thioether (sulfide) groups is 2. The van der Waals surface area contributed by atoms with E-state index in [4.69, 9.17) is 4.74 Å². The van der Waals surface area contributed by atoms with Gasteiger partial charge in [0, 0.05) is 12.7 Å². The predicted molar refractivity (Wildman–Crippen MR) is 64.7 cm³/mol. The molecular formula is C11H14OS2. The molecule has 76 valence electrons. The zero-order chi connectivity index (χ0) is 9.86. The summed E-state index contributed by atoms with van der Waals surface area (Å²) in [7, 11) is 1.80. The molecule has 2 rings (SSSR count). The first-order valence-corrected chi connectivity index (χ1v) is 6.73. The van der Waals surface area contributed by atoms with Crippen LogP contribution < -0.4 is 0 Å². The van der Waals surface area contributed by atoms with E-state index in [1.54, 1.807) is 7.11 Å². The topological polar surface area (TPSA) is 9.23 Å². The quantitative estimate of drug-likeness (QED) is 0.765. The first-order chi connectivity index (χ1) is 6.87. The Morgan fingerprint density at radius 2 is 1.79 bits per heavy atom. The van der Waals surface area contributed by atoms with Gasteiger partial charge in [-0.05, 0) is 17.9 Å². The monoisotopic (exact) mass is 226 g/mol. The van der Waals surface area contributed by atoms with Crippen LogP contribution >= 0.6 is 23.5 Å². The van der Waals surface area contributed by atoms with Crippen molar-refractivity contribution < 1.29 is 4.74 Å². The van der Waals surface area contributed by atoms with E-state index in [1.807, 2.05) is 29.6 Å². The van der Waals surface area contributed by atoms with Crippen molar-refractivity contribution in [1.82, 2.24) is 0 Å². The number of ether oxygens (including phenoxy) is 1. The first kappa shape index (κ1) is 10.4. The largest absolute Gasteiger partial charge is 0.354 e. The third-order valence-corrected chi connectivity index (χ3v) is 5.53. The molecule has 1 heterocycles.